The Labute approximate surface area is 220 Å². The molecule has 38 heavy (non-hydrogen) atoms. The number of benzene rings is 4. The largest absolute Gasteiger partial charge is 0.494 e. The maximum absolute atomic E-state index is 12.8. The quantitative estimate of drug-likeness (QED) is 0.232. The summed E-state index contributed by atoms with van der Waals surface area (Å²) in [7, 11) is 0. The molecule has 1 atom stereocenters. The summed E-state index contributed by atoms with van der Waals surface area (Å²) >= 11 is 0. The van der Waals surface area contributed by atoms with E-state index >= 15 is 0 Å². The van der Waals surface area contributed by atoms with Crippen LogP contribution in [0.3, 0.4) is 0 Å². The lowest BCUT2D eigenvalue weighted by molar-refractivity contribution is 0.0734. The summed E-state index contributed by atoms with van der Waals surface area (Å²) in [5.41, 5.74) is 8.32. The maximum atomic E-state index is 12.8. The predicted octanol–water partition coefficient (Wildman–Crippen LogP) is 6.31. The van der Waals surface area contributed by atoms with Crippen molar-refractivity contribution in [3.63, 3.8) is 0 Å². The summed E-state index contributed by atoms with van der Waals surface area (Å²) in [5, 5.41) is 9.90. The highest BCUT2D eigenvalue weighted by molar-refractivity contribution is 5.91. The van der Waals surface area contributed by atoms with E-state index in [9.17, 15) is 10.1 Å². The Hall–Kier alpha value is -5.22. The van der Waals surface area contributed by atoms with Crippen molar-refractivity contribution in [1.29, 1.82) is 5.26 Å². The Balaban J connectivity index is 1.44. The molecule has 0 amide bonds. The monoisotopic (exact) mass is 504 g/mol. The Kier molecular flexibility index (Phi) is 6.96. The molecule has 4 aromatic carbocycles. The second-order valence-electron chi connectivity index (χ2n) is 8.46. The van der Waals surface area contributed by atoms with Gasteiger partial charge in [-0.15, -0.1) is 0 Å². The molecule has 188 valence electrons. The van der Waals surface area contributed by atoms with Gasteiger partial charge < -0.3 is 24.7 Å². The van der Waals surface area contributed by atoms with Crippen LogP contribution in [-0.2, 0) is 0 Å². The van der Waals surface area contributed by atoms with E-state index in [4.69, 9.17) is 24.7 Å². The highest BCUT2D eigenvalue weighted by atomic mass is 16.5. The van der Waals surface area contributed by atoms with Gasteiger partial charge in [0.2, 0.25) is 5.88 Å². The fourth-order valence-corrected chi connectivity index (χ4v) is 4.27. The van der Waals surface area contributed by atoms with Gasteiger partial charge in [-0.25, -0.2) is 4.79 Å². The molecular formula is C31H24N2O5. The number of ether oxygens (including phenoxy) is 4. The van der Waals surface area contributed by atoms with Crippen molar-refractivity contribution in [2.45, 2.75) is 12.8 Å². The summed E-state index contributed by atoms with van der Waals surface area (Å²) in [4.78, 5) is 12.8. The van der Waals surface area contributed by atoms with Crippen molar-refractivity contribution in [2.24, 2.45) is 5.73 Å². The van der Waals surface area contributed by atoms with Crippen molar-refractivity contribution in [2.75, 3.05) is 6.61 Å². The second-order valence-corrected chi connectivity index (χ2v) is 8.46. The number of allylic oxidation sites excluding steroid dienone is 1. The van der Waals surface area contributed by atoms with Crippen LogP contribution in [0, 0.1) is 11.3 Å². The zero-order valence-electron chi connectivity index (χ0n) is 20.6. The molecule has 0 radical (unpaired) electrons. The molecule has 1 unspecified atom stereocenters. The average Bonchev–Trinajstić information content (AvgIpc) is 2.93. The van der Waals surface area contributed by atoms with Crippen LogP contribution >= 0.6 is 0 Å². The van der Waals surface area contributed by atoms with Crippen molar-refractivity contribution >= 4 is 5.97 Å². The number of esters is 1. The topological polar surface area (TPSA) is 104 Å². The molecular weight excluding hydrogens is 480 g/mol. The maximum Gasteiger partial charge on any atom is 0.343 e. The van der Waals surface area contributed by atoms with E-state index in [1.165, 1.54) is 0 Å². The zero-order chi connectivity index (χ0) is 26.5. The van der Waals surface area contributed by atoms with Crippen molar-refractivity contribution in [3.05, 3.63) is 125 Å². The van der Waals surface area contributed by atoms with Crippen molar-refractivity contribution < 1.29 is 23.7 Å². The molecule has 1 aliphatic rings. The number of hydrogen-bond acceptors (Lipinski definition) is 7. The summed E-state index contributed by atoms with van der Waals surface area (Å²) in [6.45, 7) is 2.36. The number of carbonyl (C=O) groups is 1. The van der Waals surface area contributed by atoms with E-state index in [-0.39, 0.29) is 17.2 Å². The molecule has 2 N–H and O–H groups in total. The van der Waals surface area contributed by atoms with Crippen LogP contribution in [0.5, 0.6) is 28.7 Å². The number of fused-ring (bicyclic) bond motifs is 1. The molecule has 0 fully saturated rings. The van der Waals surface area contributed by atoms with Gasteiger partial charge in [0.05, 0.1) is 18.1 Å². The van der Waals surface area contributed by atoms with Gasteiger partial charge >= 0.3 is 5.97 Å². The van der Waals surface area contributed by atoms with Crippen LogP contribution in [0.2, 0.25) is 0 Å². The third kappa shape index (κ3) is 5.15. The fourth-order valence-electron chi connectivity index (χ4n) is 4.27. The Bertz CT molecular complexity index is 1560. The van der Waals surface area contributed by atoms with E-state index < -0.39 is 11.9 Å². The first-order valence-corrected chi connectivity index (χ1v) is 12.0. The highest BCUT2D eigenvalue weighted by Gasteiger charge is 2.31. The molecule has 1 heterocycles. The first-order valence-electron chi connectivity index (χ1n) is 12.0. The van der Waals surface area contributed by atoms with Crippen LogP contribution in [0.15, 0.2) is 109 Å². The number of nitriles is 1. The Morgan fingerprint density at radius 2 is 1.66 bits per heavy atom. The standard InChI is InChI=1S/C31H24N2O5/c1-2-35-23-12-7-9-21(17-23)31(34)37-25-14-15-26-28(18-25)38-30(33)27(19-32)29(26)20-8-6-13-24(16-20)36-22-10-4-3-5-11-22/h3-18,29H,2,33H2,1H3. The number of nitrogens with zero attached hydrogens (tertiary/aromatic N) is 1. The zero-order valence-corrected chi connectivity index (χ0v) is 20.6. The van der Waals surface area contributed by atoms with Crippen LogP contribution in [-0.4, -0.2) is 12.6 Å². The van der Waals surface area contributed by atoms with Crippen molar-refractivity contribution in [3.8, 4) is 34.8 Å². The minimum atomic E-state index is -0.536. The third-order valence-corrected chi connectivity index (χ3v) is 5.95. The van der Waals surface area contributed by atoms with E-state index in [1.54, 1.807) is 42.5 Å². The molecule has 0 aromatic heterocycles. The summed E-state index contributed by atoms with van der Waals surface area (Å²) < 4.78 is 22.8. The minimum Gasteiger partial charge on any atom is -0.494 e. The lowest BCUT2D eigenvalue weighted by Crippen LogP contribution is -2.21. The molecule has 0 aliphatic carbocycles. The minimum absolute atomic E-state index is 0.00715. The van der Waals surface area contributed by atoms with Gasteiger partial charge in [0, 0.05) is 11.6 Å². The number of rotatable bonds is 7. The van der Waals surface area contributed by atoms with Gasteiger partial charge in [-0.2, -0.15) is 5.26 Å². The van der Waals surface area contributed by atoms with Crippen LogP contribution in [0.25, 0.3) is 0 Å². The number of nitrogens with two attached hydrogens (primary N) is 1. The molecule has 0 saturated heterocycles. The summed E-state index contributed by atoms with van der Waals surface area (Å²) in [6, 6.07) is 30.9. The SMILES string of the molecule is CCOc1cccc(C(=O)Oc2ccc3c(c2)OC(N)=C(C#N)C3c2cccc(Oc3ccccc3)c2)c1. The molecule has 1 aliphatic heterocycles. The molecule has 0 saturated carbocycles. The van der Waals surface area contributed by atoms with Crippen LogP contribution in [0.1, 0.15) is 34.3 Å². The molecule has 7 heteroatoms. The lowest BCUT2D eigenvalue weighted by Gasteiger charge is -2.27. The van der Waals surface area contributed by atoms with Gasteiger partial charge in [-0.05, 0) is 61.0 Å². The first-order chi connectivity index (χ1) is 18.6. The van der Waals surface area contributed by atoms with E-state index in [0.717, 1.165) is 5.56 Å². The Morgan fingerprint density at radius 3 is 2.45 bits per heavy atom. The van der Waals surface area contributed by atoms with Gasteiger partial charge in [-0.3, -0.25) is 0 Å². The predicted molar refractivity (Wildman–Crippen MR) is 141 cm³/mol. The lowest BCUT2D eigenvalue weighted by atomic mass is 9.83. The van der Waals surface area contributed by atoms with Crippen LogP contribution < -0.4 is 24.7 Å². The average molecular weight is 505 g/mol. The number of carbonyl (C=O) groups excluding carboxylic acids is 1. The van der Waals surface area contributed by atoms with E-state index in [1.807, 2.05) is 61.5 Å². The molecule has 5 rings (SSSR count). The van der Waals surface area contributed by atoms with Crippen molar-refractivity contribution in [1.82, 2.24) is 0 Å². The summed E-state index contributed by atoms with van der Waals surface area (Å²) in [5.74, 6) is 1.55. The van der Waals surface area contributed by atoms with Gasteiger partial charge in [0.1, 0.15) is 40.4 Å². The fraction of sp³-hybridized carbons (Fsp3) is 0.0968. The normalized spacial score (nSPS) is 14.1. The molecule has 7 nitrogen and oxygen atoms in total. The second kappa shape index (κ2) is 10.8. The third-order valence-electron chi connectivity index (χ3n) is 5.95. The van der Waals surface area contributed by atoms with E-state index in [2.05, 4.69) is 6.07 Å². The summed E-state index contributed by atoms with van der Waals surface area (Å²) in [6.07, 6.45) is 0. The van der Waals surface area contributed by atoms with Crippen LogP contribution in [0.4, 0.5) is 0 Å². The molecule has 4 aromatic rings. The van der Waals surface area contributed by atoms with Gasteiger partial charge in [-0.1, -0.05) is 42.5 Å². The molecule has 0 spiro atoms. The molecule has 0 bridgehead atoms. The van der Waals surface area contributed by atoms with E-state index in [0.29, 0.717) is 40.7 Å². The first kappa shape index (κ1) is 24.5. The number of para-hydroxylation sites is 1. The number of hydrogen-bond donors (Lipinski definition) is 1. The van der Waals surface area contributed by atoms with Gasteiger partial charge in [0.15, 0.2) is 0 Å². The Morgan fingerprint density at radius 1 is 0.895 bits per heavy atom. The smallest absolute Gasteiger partial charge is 0.343 e. The van der Waals surface area contributed by atoms with Gasteiger partial charge in [0.25, 0.3) is 0 Å². The highest BCUT2D eigenvalue weighted by Crippen LogP contribution is 2.44.